The highest BCUT2D eigenvalue weighted by atomic mass is 35.5. The second-order valence-corrected chi connectivity index (χ2v) is 5.72. The third-order valence-electron chi connectivity index (χ3n) is 3.08. The molecule has 6 heteroatoms. The van der Waals surface area contributed by atoms with Gasteiger partial charge in [0.05, 0.1) is 18.0 Å². The van der Waals surface area contributed by atoms with Gasteiger partial charge in [-0.15, -0.1) is 0 Å². The minimum Gasteiger partial charge on any atom is -0.489 e. The Labute approximate surface area is 141 Å². The fourth-order valence-corrected chi connectivity index (χ4v) is 2.26. The van der Waals surface area contributed by atoms with Gasteiger partial charge in [0.15, 0.2) is 5.82 Å². The van der Waals surface area contributed by atoms with Crippen molar-refractivity contribution < 1.29 is 4.74 Å². The summed E-state index contributed by atoms with van der Waals surface area (Å²) in [6.07, 6.45) is 3.48. The van der Waals surface area contributed by atoms with E-state index in [0.717, 1.165) is 24.3 Å². The Morgan fingerprint density at radius 1 is 1.39 bits per heavy atom. The van der Waals surface area contributed by atoms with Crippen LogP contribution in [0.2, 0.25) is 5.28 Å². The Kier molecular flexibility index (Phi) is 5.78. The Morgan fingerprint density at radius 2 is 2.17 bits per heavy atom. The average molecular weight is 331 g/mol. The molecule has 2 rings (SSSR count). The highest BCUT2D eigenvalue weighted by Gasteiger charge is 2.12. The van der Waals surface area contributed by atoms with Crippen molar-refractivity contribution in [3.8, 4) is 11.8 Å². The molecule has 5 nitrogen and oxygen atoms in total. The minimum absolute atomic E-state index is 0.0388. The number of hydrogen-bond acceptors (Lipinski definition) is 5. The van der Waals surface area contributed by atoms with Gasteiger partial charge in [-0.05, 0) is 49.6 Å². The Morgan fingerprint density at radius 3 is 2.83 bits per heavy atom. The van der Waals surface area contributed by atoms with Gasteiger partial charge in [-0.1, -0.05) is 19.4 Å². The third kappa shape index (κ3) is 4.57. The normalized spacial score (nSPS) is 10.4. The molecular weight excluding hydrogens is 312 g/mol. The number of anilines is 2. The molecule has 0 atom stereocenters. The van der Waals surface area contributed by atoms with E-state index in [1.807, 2.05) is 38.1 Å². The quantitative estimate of drug-likeness (QED) is 0.790. The van der Waals surface area contributed by atoms with E-state index in [-0.39, 0.29) is 11.4 Å². The molecule has 0 bridgehead atoms. The first-order valence-electron chi connectivity index (χ1n) is 7.52. The summed E-state index contributed by atoms with van der Waals surface area (Å²) < 4.78 is 5.89. The summed E-state index contributed by atoms with van der Waals surface area (Å²) in [6.45, 7) is 6.08. The number of benzene rings is 1. The summed E-state index contributed by atoms with van der Waals surface area (Å²) >= 11 is 5.83. The summed E-state index contributed by atoms with van der Waals surface area (Å²) in [4.78, 5) is 7.91. The topological polar surface area (TPSA) is 70.8 Å². The van der Waals surface area contributed by atoms with Crippen molar-refractivity contribution in [3.63, 3.8) is 0 Å². The molecule has 0 saturated heterocycles. The van der Waals surface area contributed by atoms with Crippen LogP contribution in [0.5, 0.6) is 5.75 Å². The molecule has 0 saturated carbocycles. The van der Waals surface area contributed by atoms with E-state index in [4.69, 9.17) is 16.3 Å². The van der Waals surface area contributed by atoms with Crippen LogP contribution in [0.25, 0.3) is 0 Å². The Hall–Kier alpha value is -2.32. The van der Waals surface area contributed by atoms with Crippen LogP contribution in [0.1, 0.15) is 38.3 Å². The highest BCUT2D eigenvalue weighted by molar-refractivity contribution is 6.28. The number of halogens is 1. The van der Waals surface area contributed by atoms with Gasteiger partial charge >= 0.3 is 0 Å². The van der Waals surface area contributed by atoms with Gasteiger partial charge < -0.3 is 10.1 Å². The van der Waals surface area contributed by atoms with Crippen LogP contribution in [-0.2, 0) is 6.42 Å². The standard InChI is InChI=1S/C17H19ClN4O/c1-4-5-12-6-7-14(15(8-12)23-11(2)3)21-16-13(9-19)10-20-17(18)22-16/h6-8,10-11H,4-5H2,1-3H3,(H,20,21,22). The minimum atomic E-state index is 0.0388. The first-order valence-corrected chi connectivity index (χ1v) is 7.90. The predicted octanol–water partition coefficient (Wildman–Crippen LogP) is 4.48. The van der Waals surface area contributed by atoms with E-state index in [1.165, 1.54) is 11.8 Å². The summed E-state index contributed by atoms with van der Waals surface area (Å²) in [6, 6.07) is 8.03. The number of rotatable bonds is 6. The molecule has 2 aromatic rings. The van der Waals surface area contributed by atoms with Crippen molar-refractivity contribution >= 4 is 23.1 Å². The lowest BCUT2D eigenvalue weighted by Crippen LogP contribution is -2.08. The van der Waals surface area contributed by atoms with Crippen LogP contribution >= 0.6 is 11.6 Å². The van der Waals surface area contributed by atoms with Crippen molar-refractivity contribution in [2.45, 2.75) is 39.7 Å². The lowest BCUT2D eigenvalue weighted by molar-refractivity contribution is 0.243. The van der Waals surface area contributed by atoms with Gasteiger partial charge in [0.25, 0.3) is 0 Å². The van der Waals surface area contributed by atoms with Crippen LogP contribution in [0.15, 0.2) is 24.4 Å². The molecule has 1 aromatic carbocycles. The molecule has 23 heavy (non-hydrogen) atoms. The maximum atomic E-state index is 9.17. The molecule has 0 radical (unpaired) electrons. The fourth-order valence-electron chi connectivity index (χ4n) is 2.13. The fraction of sp³-hybridized carbons (Fsp3) is 0.353. The van der Waals surface area contributed by atoms with E-state index in [2.05, 4.69) is 22.2 Å². The van der Waals surface area contributed by atoms with Gasteiger partial charge in [0, 0.05) is 0 Å². The van der Waals surface area contributed by atoms with Crippen LogP contribution in [-0.4, -0.2) is 16.1 Å². The van der Waals surface area contributed by atoms with Crippen molar-refractivity contribution in [2.24, 2.45) is 0 Å². The molecule has 120 valence electrons. The molecule has 0 spiro atoms. The predicted molar refractivity (Wildman–Crippen MR) is 91.2 cm³/mol. The van der Waals surface area contributed by atoms with Crippen LogP contribution in [0, 0.1) is 11.3 Å². The van der Waals surface area contributed by atoms with E-state index >= 15 is 0 Å². The Balaban J connectivity index is 2.39. The zero-order valence-electron chi connectivity index (χ0n) is 13.4. The van der Waals surface area contributed by atoms with Gasteiger partial charge in [-0.3, -0.25) is 0 Å². The van der Waals surface area contributed by atoms with Crippen LogP contribution in [0.4, 0.5) is 11.5 Å². The molecule has 1 N–H and O–H groups in total. The lowest BCUT2D eigenvalue weighted by Gasteiger charge is -2.17. The molecule has 0 fully saturated rings. The zero-order valence-corrected chi connectivity index (χ0v) is 14.2. The van der Waals surface area contributed by atoms with Gasteiger partial charge in [0.2, 0.25) is 5.28 Å². The van der Waals surface area contributed by atoms with E-state index in [0.29, 0.717) is 11.4 Å². The van der Waals surface area contributed by atoms with Gasteiger partial charge in [-0.25, -0.2) is 4.98 Å². The third-order valence-corrected chi connectivity index (χ3v) is 3.26. The van der Waals surface area contributed by atoms with E-state index < -0.39 is 0 Å². The van der Waals surface area contributed by atoms with Crippen molar-refractivity contribution in [1.82, 2.24) is 9.97 Å². The molecular formula is C17H19ClN4O. The smallest absolute Gasteiger partial charge is 0.224 e. The van der Waals surface area contributed by atoms with Crippen molar-refractivity contribution in [3.05, 3.63) is 40.8 Å². The molecule has 0 amide bonds. The number of ether oxygens (including phenoxy) is 1. The SMILES string of the molecule is CCCc1ccc(Nc2nc(Cl)ncc2C#N)c(OC(C)C)c1. The number of aromatic nitrogens is 2. The molecule has 1 heterocycles. The van der Waals surface area contributed by atoms with E-state index in [1.54, 1.807) is 0 Å². The summed E-state index contributed by atoms with van der Waals surface area (Å²) in [5, 5.41) is 12.4. The second-order valence-electron chi connectivity index (χ2n) is 5.39. The lowest BCUT2D eigenvalue weighted by atomic mass is 10.1. The number of hydrogen-bond donors (Lipinski definition) is 1. The summed E-state index contributed by atoms with van der Waals surface area (Å²) in [7, 11) is 0. The zero-order chi connectivity index (χ0) is 16.8. The number of nitriles is 1. The van der Waals surface area contributed by atoms with E-state index in [9.17, 15) is 5.26 Å². The highest BCUT2D eigenvalue weighted by Crippen LogP contribution is 2.31. The summed E-state index contributed by atoms with van der Waals surface area (Å²) in [5.74, 6) is 1.09. The number of nitrogens with zero attached hydrogens (tertiary/aromatic N) is 3. The molecule has 0 unspecified atom stereocenters. The van der Waals surface area contributed by atoms with Gasteiger partial charge in [0.1, 0.15) is 17.4 Å². The maximum Gasteiger partial charge on any atom is 0.224 e. The molecule has 0 aliphatic carbocycles. The first kappa shape index (κ1) is 17.0. The monoisotopic (exact) mass is 330 g/mol. The first-order chi connectivity index (χ1) is 11.0. The maximum absolute atomic E-state index is 9.17. The largest absolute Gasteiger partial charge is 0.489 e. The number of aryl methyl sites for hydroxylation is 1. The molecule has 1 aromatic heterocycles. The van der Waals surface area contributed by atoms with Crippen molar-refractivity contribution in [1.29, 1.82) is 5.26 Å². The summed E-state index contributed by atoms with van der Waals surface area (Å²) in [5.41, 5.74) is 2.27. The Bertz CT molecular complexity index is 725. The van der Waals surface area contributed by atoms with Crippen molar-refractivity contribution in [2.75, 3.05) is 5.32 Å². The van der Waals surface area contributed by atoms with Gasteiger partial charge in [-0.2, -0.15) is 10.2 Å². The number of nitrogens with one attached hydrogen (secondary N) is 1. The average Bonchev–Trinajstić information content (AvgIpc) is 2.50. The molecule has 0 aliphatic rings. The van der Waals surface area contributed by atoms with Crippen LogP contribution in [0.3, 0.4) is 0 Å². The van der Waals surface area contributed by atoms with Crippen LogP contribution < -0.4 is 10.1 Å². The molecule has 0 aliphatic heterocycles. The second kappa shape index (κ2) is 7.80.